The lowest BCUT2D eigenvalue weighted by atomic mass is 10.1. The maximum atomic E-state index is 13.3. The minimum absolute atomic E-state index is 0.0547. The lowest BCUT2D eigenvalue weighted by Crippen LogP contribution is -2.14. The summed E-state index contributed by atoms with van der Waals surface area (Å²) in [5.74, 6) is -3.88. The van der Waals surface area contributed by atoms with E-state index in [0.29, 0.717) is 0 Å². The van der Waals surface area contributed by atoms with E-state index in [0.717, 1.165) is 18.2 Å². The summed E-state index contributed by atoms with van der Waals surface area (Å²) in [5.41, 5.74) is -0.643. The maximum absolute atomic E-state index is 13.3. The molecule has 0 radical (unpaired) electrons. The topological polar surface area (TPSA) is 66.4 Å². The molecule has 0 fully saturated rings. The first kappa shape index (κ1) is 14.9. The Morgan fingerprint density at radius 1 is 1.05 bits per heavy atom. The SMILES string of the molecule is O=C(O)c1cc(NC(=O)c2cccc(F)c2Cl)ccc1F. The van der Waals surface area contributed by atoms with E-state index in [1.54, 1.807) is 0 Å². The Hall–Kier alpha value is -2.47. The smallest absolute Gasteiger partial charge is 0.338 e. The summed E-state index contributed by atoms with van der Waals surface area (Å²) in [5, 5.41) is 10.8. The molecule has 0 aliphatic carbocycles. The van der Waals surface area contributed by atoms with Crippen molar-refractivity contribution in [2.75, 3.05) is 5.32 Å². The lowest BCUT2D eigenvalue weighted by molar-refractivity contribution is 0.0691. The normalized spacial score (nSPS) is 10.2. The van der Waals surface area contributed by atoms with E-state index in [-0.39, 0.29) is 16.3 Å². The number of amides is 1. The highest BCUT2D eigenvalue weighted by atomic mass is 35.5. The van der Waals surface area contributed by atoms with Crippen LogP contribution in [-0.2, 0) is 0 Å². The van der Waals surface area contributed by atoms with Gasteiger partial charge in [-0.2, -0.15) is 0 Å². The third kappa shape index (κ3) is 3.17. The number of hydrogen-bond donors (Lipinski definition) is 2. The summed E-state index contributed by atoms with van der Waals surface area (Å²) in [6, 6.07) is 6.77. The average molecular weight is 312 g/mol. The number of rotatable bonds is 3. The number of carbonyl (C=O) groups is 2. The number of aromatic carboxylic acids is 1. The fourth-order valence-electron chi connectivity index (χ4n) is 1.64. The standard InChI is InChI=1S/C14H8ClF2NO3/c15-12-8(2-1-3-11(12)17)13(19)18-7-4-5-10(16)9(6-7)14(20)21/h1-6H,(H,18,19)(H,20,21). The number of hydrogen-bond acceptors (Lipinski definition) is 2. The van der Waals surface area contributed by atoms with Crippen LogP contribution in [0.15, 0.2) is 36.4 Å². The summed E-state index contributed by atoms with van der Waals surface area (Å²) in [4.78, 5) is 22.8. The predicted octanol–water partition coefficient (Wildman–Crippen LogP) is 3.57. The van der Waals surface area contributed by atoms with Crippen LogP contribution >= 0.6 is 11.6 Å². The van der Waals surface area contributed by atoms with Crippen molar-refractivity contribution in [3.8, 4) is 0 Å². The molecule has 0 aromatic heterocycles. The van der Waals surface area contributed by atoms with E-state index in [1.165, 1.54) is 18.2 Å². The van der Waals surface area contributed by atoms with Gasteiger partial charge in [0.2, 0.25) is 0 Å². The molecule has 0 unspecified atom stereocenters. The zero-order valence-corrected chi connectivity index (χ0v) is 11.1. The Morgan fingerprint density at radius 3 is 2.43 bits per heavy atom. The van der Waals surface area contributed by atoms with Gasteiger partial charge in [0.25, 0.3) is 5.91 Å². The molecule has 0 bridgehead atoms. The highest BCUT2D eigenvalue weighted by molar-refractivity contribution is 6.34. The quantitative estimate of drug-likeness (QED) is 0.910. The minimum atomic E-state index is -1.47. The van der Waals surface area contributed by atoms with Crippen LogP contribution in [0, 0.1) is 11.6 Å². The molecule has 0 aliphatic heterocycles. The second-order valence-corrected chi connectivity index (χ2v) is 4.43. The third-order valence-corrected chi connectivity index (χ3v) is 3.03. The van der Waals surface area contributed by atoms with Gasteiger partial charge in [0.05, 0.1) is 16.1 Å². The van der Waals surface area contributed by atoms with Crippen LogP contribution in [0.1, 0.15) is 20.7 Å². The van der Waals surface area contributed by atoms with Crippen LogP contribution in [0.25, 0.3) is 0 Å². The monoisotopic (exact) mass is 311 g/mol. The zero-order chi connectivity index (χ0) is 15.6. The molecule has 2 rings (SSSR count). The first-order valence-electron chi connectivity index (χ1n) is 5.68. The summed E-state index contributed by atoms with van der Waals surface area (Å²) < 4.78 is 26.5. The molecule has 0 saturated heterocycles. The first-order chi connectivity index (χ1) is 9.90. The molecule has 2 N–H and O–H groups in total. The van der Waals surface area contributed by atoms with E-state index in [4.69, 9.17) is 16.7 Å². The molecule has 7 heteroatoms. The molecule has 1 amide bonds. The Morgan fingerprint density at radius 2 is 1.76 bits per heavy atom. The van der Waals surface area contributed by atoms with Crippen molar-refractivity contribution >= 4 is 29.2 Å². The second-order valence-electron chi connectivity index (χ2n) is 4.06. The van der Waals surface area contributed by atoms with E-state index in [2.05, 4.69) is 5.32 Å². The van der Waals surface area contributed by atoms with Gasteiger partial charge in [-0.1, -0.05) is 17.7 Å². The molecule has 21 heavy (non-hydrogen) atoms. The van der Waals surface area contributed by atoms with Crippen LogP contribution in [0.5, 0.6) is 0 Å². The van der Waals surface area contributed by atoms with Crippen molar-refractivity contribution in [2.45, 2.75) is 0 Å². The number of carboxylic acid groups (broad SMARTS) is 1. The first-order valence-corrected chi connectivity index (χ1v) is 6.06. The molecule has 0 spiro atoms. The molecule has 0 aliphatic rings. The van der Waals surface area contributed by atoms with Gasteiger partial charge in [0.15, 0.2) is 0 Å². The van der Waals surface area contributed by atoms with Crippen LogP contribution in [0.4, 0.5) is 14.5 Å². The van der Waals surface area contributed by atoms with Gasteiger partial charge < -0.3 is 10.4 Å². The van der Waals surface area contributed by atoms with E-state index >= 15 is 0 Å². The number of anilines is 1. The van der Waals surface area contributed by atoms with E-state index in [9.17, 15) is 18.4 Å². The molecule has 108 valence electrons. The van der Waals surface area contributed by atoms with E-state index in [1.807, 2.05) is 0 Å². The number of halogens is 3. The molecule has 4 nitrogen and oxygen atoms in total. The second kappa shape index (κ2) is 5.88. The van der Waals surface area contributed by atoms with Gasteiger partial charge in [-0.25, -0.2) is 13.6 Å². The lowest BCUT2D eigenvalue weighted by Gasteiger charge is -2.08. The molecule has 0 saturated carbocycles. The molecule has 0 heterocycles. The Balaban J connectivity index is 2.30. The Labute approximate surface area is 123 Å². The summed E-state index contributed by atoms with van der Waals surface area (Å²) in [6.45, 7) is 0. The maximum Gasteiger partial charge on any atom is 0.338 e. The highest BCUT2D eigenvalue weighted by Crippen LogP contribution is 2.21. The zero-order valence-electron chi connectivity index (χ0n) is 10.4. The average Bonchev–Trinajstić information content (AvgIpc) is 2.43. The Kier molecular flexibility index (Phi) is 4.18. The number of nitrogens with one attached hydrogen (secondary N) is 1. The van der Waals surface area contributed by atoms with Gasteiger partial charge in [-0.05, 0) is 30.3 Å². The van der Waals surface area contributed by atoms with Crippen molar-refractivity contribution in [2.24, 2.45) is 0 Å². The van der Waals surface area contributed by atoms with Crippen LogP contribution in [0.2, 0.25) is 5.02 Å². The fraction of sp³-hybridized carbons (Fsp3) is 0. The number of carboxylic acids is 1. The molecule has 2 aromatic rings. The van der Waals surface area contributed by atoms with Crippen molar-refractivity contribution in [1.82, 2.24) is 0 Å². The Bertz CT molecular complexity index is 734. The molecule has 2 aromatic carbocycles. The highest BCUT2D eigenvalue weighted by Gasteiger charge is 2.16. The molecular weight excluding hydrogens is 304 g/mol. The van der Waals surface area contributed by atoms with Crippen LogP contribution < -0.4 is 5.32 Å². The van der Waals surface area contributed by atoms with Gasteiger partial charge in [0.1, 0.15) is 11.6 Å². The molecule has 0 atom stereocenters. The number of benzene rings is 2. The fourth-order valence-corrected chi connectivity index (χ4v) is 1.86. The van der Waals surface area contributed by atoms with Crippen molar-refractivity contribution < 1.29 is 23.5 Å². The predicted molar refractivity (Wildman–Crippen MR) is 72.7 cm³/mol. The van der Waals surface area contributed by atoms with Gasteiger partial charge in [-0.3, -0.25) is 4.79 Å². The number of carbonyl (C=O) groups excluding carboxylic acids is 1. The summed E-state index contributed by atoms with van der Waals surface area (Å²) >= 11 is 5.67. The minimum Gasteiger partial charge on any atom is -0.478 e. The van der Waals surface area contributed by atoms with Crippen molar-refractivity contribution in [1.29, 1.82) is 0 Å². The molecular formula is C14H8ClF2NO3. The van der Waals surface area contributed by atoms with Crippen molar-refractivity contribution in [3.05, 3.63) is 64.2 Å². The summed E-state index contributed by atoms with van der Waals surface area (Å²) in [6.07, 6.45) is 0. The van der Waals surface area contributed by atoms with Gasteiger partial charge in [0, 0.05) is 5.69 Å². The third-order valence-electron chi connectivity index (χ3n) is 2.65. The van der Waals surface area contributed by atoms with Crippen LogP contribution in [-0.4, -0.2) is 17.0 Å². The van der Waals surface area contributed by atoms with Crippen molar-refractivity contribution in [3.63, 3.8) is 0 Å². The van der Waals surface area contributed by atoms with E-state index < -0.39 is 29.1 Å². The van der Waals surface area contributed by atoms with Crippen LogP contribution in [0.3, 0.4) is 0 Å². The van der Waals surface area contributed by atoms with Gasteiger partial charge in [-0.15, -0.1) is 0 Å². The largest absolute Gasteiger partial charge is 0.478 e. The summed E-state index contributed by atoms with van der Waals surface area (Å²) in [7, 11) is 0. The van der Waals surface area contributed by atoms with Gasteiger partial charge >= 0.3 is 5.97 Å².